The Labute approximate surface area is 180 Å². The Balaban J connectivity index is 1.61. The number of amides is 1. The third-order valence-corrected chi connectivity index (χ3v) is 4.57. The molecule has 0 atom stereocenters. The molecule has 0 saturated carbocycles. The lowest BCUT2D eigenvalue weighted by Crippen LogP contribution is -2.15. The molecular weight excluding hydrogens is 423 g/mol. The Hall–Kier alpha value is -3.86. The minimum Gasteiger partial charge on any atom is -0.318 e. The summed E-state index contributed by atoms with van der Waals surface area (Å²) in [4.78, 5) is 25.5. The predicted molar refractivity (Wildman–Crippen MR) is 112 cm³/mol. The van der Waals surface area contributed by atoms with Crippen molar-refractivity contribution in [3.63, 3.8) is 0 Å². The highest BCUT2D eigenvalue weighted by Crippen LogP contribution is 2.27. The minimum atomic E-state index is -4.66. The monoisotopic (exact) mass is 441 g/mol. The number of anilines is 1. The van der Waals surface area contributed by atoms with Gasteiger partial charge in [0, 0.05) is 29.9 Å². The first kappa shape index (κ1) is 21.4. The number of aromatic nitrogens is 5. The van der Waals surface area contributed by atoms with E-state index in [1.165, 1.54) is 0 Å². The van der Waals surface area contributed by atoms with Crippen molar-refractivity contribution < 1.29 is 18.0 Å². The normalized spacial score (nSPS) is 11.8. The van der Waals surface area contributed by atoms with Crippen LogP contribution < -0.4 is 5.32 Å². The summed E-state index contributed by atoms with van der Waals surface area (Å²) in [6.07, 6.45) is 0.673. The van der Waals surface area contributed by atoms with Gasteiger partial charge in [0.05, 0.1) is 23.6 Å². The number of aromatic amines is 1. The van der Waals surface area contributed by atoms with E-state index in [0.29, 0.717) is 10.9 Å². The summed E-state index contributed by atoms with van der Waals surface area (Å²) >= 11 is 0. The number of pyridine rings is 1. The number of hydrogen-bond acceptors (Lipinski definition) is 6. The minimum absolute atomic E-state index is 0.0240. The fourth-order valence-corrected chi connectivity index (χ4v) is 3.19. The van der Waals surface area contributed by atoms with Crippen molar-refractivity contribution in [2.45, 2.75) is 12.7 Å². The van der Waals surface area contributed by atoms with Crippen molar-refractivity contribution in [2.24, 2.45) is 0 Å². The van der Waals surface area contributed by atoms with Gasteiger partial charge in [-0.25, -0.2) is 9.97 Å². The Morgan fingerprint density at radius 3 is 2.50 bits per heavy atom. The van der Waals surface area contributed by atoms with Gasteiger partial charge >= 0.3 is 6.18 Å². The van der Waals surface area contributed by atoms with E-state index in [4.69, 9.17) is 0 Å². The van der Waals surface area contributed by atoms with Gasteiger partial charge in [-0.15, -0.1) is 0 Å². The molecule has 4 aromatic rings. The van der Waals surface area contributed by atoms with Crippen LogP contribution in [0.2, 0.25) is 0 Å². The molecule has 164 valence electrons. The number of alkyl halides is 3. The molecule has 11 heteroatoms. The van der Waals surface area contributed by atoms with Gasteiger partial charge in [0.15, 0.2) is 5.69 Å². The third kappa shape index (κ3) is 4.57. The van der Waals surface area contributed by atoms with Gasteiger partial charge < -0.3 is 10.2 Å². The fourth-order valence-electron chi connectivity index (χ4n) is 3.19. The average Bonchev–Trinajstić information content (AvgIpc) is 3.16. The highest BCUT2D eigenvalue weighted by molar-refractivity contribution is 6.11. The standard InChI is InChI=1S/C21H18F3N7O/c1-31(2)11-12-5-14(8-25-7-12)13-3-4-17-16(6-13)18(30-29-17)19(32)28-15-9-26-20(27-10-15)21(22,23)24/h3-10H,11H2,1-2H3,(H,28,32)(H,29,30). The molecule has 0 aliphatic rings. The molecule has 3 aromatic heterocycles. The topological polar surface area (TPSA) is 99.7 Å². The zero-order chi connectivity index (χ0) is 22.9. The van der Waals surface area contributed by atoms with Gasteiger partial charge in [0.2, 0.25) is 5.82 Å². The second kappa shape index (κ2) is 8.35. The van der Waals surface area contributed by atoms with Crippen LogP contribution in [0.25, 0.3) is 22.0 Å². The fraction of sp³-hybridized carbons (Fsp3) is 0.190. The molecule has 0 aliphatic carbocycles. The summed E-state index contributed by atoms with van der Waals surface area (Å²) in [5, 5.41) is 9.88. The van der Waals surface area contributed by atoms with Crippen LogP contribution >= 0.6 is 0 Å². The largest absolute Gasteiger partial charge is 0.451 e. The summed E-state index contributed by atoms with van der Waals surface area (Å²) in [6, 6.07) is 7.53. The smallest absolute Gasteiger partial charge is 0.318 e. The molecule has 0 unspecified atom stereocenters. The van der Waals surface area contributed by atoms with E-state index in [2.05, 4.69) is 30.5 Å². The zero-order valence-corrected chi connectivity index (χ0v) is 17.1. The summed E-state index contributed by atoms with van der Waals surface area (Å²) < 4.78 is 37.8. The maximum Gasteiger partial charge on any atom is 0.451 e. The zero-order valence-electron chi connectivity index (χ0n) is 17.1. The number of nitrogens with one attached hydrogen (secondary N) is 2. The van der Waals surface area contributed by atoms with Crippen LogP contribution in [-0.4, -0.2) is 50.1 Å². The number of carbonyl (C=O) groups is 1. The van der Waals surface area contributed by atoms with E-state index >= 15 is 0 Å². The van der Waals surface area contributed by atoms with Crippen LogP contribution in [0.15, 0.2) is 49.1 Å². The maximum atomic E-state index is 12.7. The SMILES string of the molecule is CN(C)Cc1cncc(-c2ccc3[nH]nc(C(=O)Nc4cnc(C(F)(F)F)nc4)c3c2)c1. The van der Waals surface area contributed by atoms with Crippen LogP contribution in [0.5, 0.6) is 0 Å². The van der Waals surface area contributed by atoms with Gasteiger partial charge in [-0.3, -0.25) is 14.9 Å². The first-order valence-electron chi connectivity index (χ1n) is 9.48. The number of fused-ring (bicyclic) bond motifs is 1. The number of rotatable bonds is 5. The predicted octanol–water partition coefficient (Wildman–Crippen LogP) is 3.75. The number of benzene rings is 1. The Kier molecular flexibility index (Phi) is 5.57. The quantitative estimate of drug-likeness (QED) is 0.489. The van der Waals surface area contributed by atoms with Crippen molar-refractivity contribution in [1.82, 2.24) is 30.0 Å². The average molecular weight is 441 g/mol. The van der Waals surface area contributed by atoms with Crippen LogP contribution in [0.1, 0.15) is 21.9 Å². The van der Waals surface area contributed by atoms with Gasteiger partial charge in [-0.05, 0) is 43.4 Å². The van der Waals surface area contributed by atoms with Crippen molar-refractivity contribution in [2.75, 3.05) is 19.4 Å². The highest BCUT2D eigenvalue weighted by atomic mass is 19.4. The van der Waals surface area contributed by atoms with Crippen molar-refractivity contribution in [3.8, 4) is 11.1 Å². The molecule has 0 aliphatic heterocycles. The summed E-state index contributed by atoms with van der Waals surface area (Å²) in [7, 11) is 3.94. The summed E-state index contributed by atoms with van der Waals surface area (Å²) in [6.45, 7) is 0.734. The number of halogens is 3. The summed E-state index contributed by atoms with van der Waals surface area (Å²) in [5.41, 5.74) is 3.53. The molecule has 8 nitrogen and oxygen atoms in total. The number of carbonyl (C=O) groups excluding carboxylic acids is 1. The van der Waals surface area contributed by atoms with E-state index < -0.39 is 17.9 Å². The van der Waals surface area contributed by atoms with Crippen LogP contribution in [0, 0.1) is 0 Å². The lowest BCUT2D eigenvalue weighted by Gasteiger charge is -2.10. The number of nitrogens with zero attached hydrogens (tertiary/aromatic N) is 5. The summed E-state index contributed by atoms with van der Waals surface area (Å²) in [5.74, 6) is -1.88. The molecular formula is C21H18F3N7O. The van der Waals surface area contributed by atoms with Gasteiger partial charge in [0.25, 0.3) is 5.91 Å². The third-order valence-electron chi connectivity index (χ3n) is 4.57. The molecule has 2 N–H and O–H groups in total. The van der Waals surface area contributed by atoms with Crippen LogP contribution in [-0.2, 0) is 12.7 Å². The first-order valence-corrected chi connectivity index (χ1v) is 9.48. The lowest BCUT2D eigenvalue weighted by molar-refractivity contribution is -0.144. The molecule has 0 radical (unpaired) electrons. The lowest BCUT2D eigenvalue weighted by atomic mass is 10.0. The number of hydrogen-bond donors (Lipinski definition) is 2. The molecule has 1 aromatic carbocycles. The van der Waals surface area contributed by atoms with Crippen molar-refractivity contribution in [3.05, 3.63) is 66.1 Å². The van der Waals surface area contributed by atoms with Gasteiger partial charge in [-0.2, -0.15) is 18.3 Å². The molecule has 3 heterocycles. The maximum absolute atomic E-state index is 12.7. The highest BCUT2D eigenvalue weighted by Gasteiger charge is 2.34. The molecule has 0 spiro atoms. The van der Waals surface area contributed by atoms with E-state index in [9.17, 15) is 18.0 Å². The van der Waals surface area contributed by atoms with E-state index in [1.54, 1.807) is 18.5 Å². The van der Waals surface area contributed by atoms with E-state index in [1.807, 2.05) is 37.2 Å². The van der Waals surface area contributed by atoms with E-state index in [0.717, 1.165) is 35.6 Å². The molecule has 0 fully saturated rings. The molecule has 0 saturated heterocycles. The Bertz CT molecular complexity index is 1270. The first-order chi connectivity index (χ1) is 15.2. The Morgan fingerprint density at radius 2 is 1.81 bits per heavy atom. The second-order valence-electron chi connectivity index (χ2n) is 7.40. The molecule has 4 rings (SSSR count). The second-order valence-corrected chi connectivity index (χ2v) is 7.40. The van der Waals surface area contributed by atoms with Gasteiger partial charge in [-0.1, -0.05) is 6.07 Å². The molecule has 1 amide bonds. The molecule has 0 bridgehead atoms. The van der Waals surface area contributed by atoms with E-state index in [-0.39, 0.29) is 11.4 Å². The van der Waals surface area contributed by atoms with Crippen LogP contribution in [0.4, 0.5) is 18.9 Å². The van der Waals surface area contributed by atoms with Crippen molar-refractivity contribution in [1.29, 1.82) is 0 Å². The van der Waals surface area contributed by atoms with Crippen molar-refractivity contribution >= 4 is 22.5 Å². The molecule has 32 heavy (non-hydrogen) atoms. The van der Waals surface area contributed by atoms with Gasteiger partial charge in [0.1, 0.15) is 0 Å². The number of H-pyrrole nitrogens is 1. The Morgan fingerprint density at radius 1 is 1.06 bits per heavy atom. The van der Waals surface area contributed by atoms with Crippen LogP contribution in [0.3, 0.4) is 0 Å².